The molecule has 1 fully saturated rings. The molecule has 1 aliphatic rings. The molecule has 28 heavy (non-hydrogen) atoms. The number of rotatable bonds is 6. The fourth-order valence-electron chi connectivity index (χ4n) is 3.04. The molecule has 1 saturated heterocycles. The standard InChI is InChI=1S/C19H20ClN5OS2/c20-15-5-3-14(4-6-15)18-21-19(23-22-18)28-13-17(26)25-9-7-24(8-10-25)12-16-2-1-11-27-16/h1-6,11H,7-10,12-13H2,(H,21,22,23). The molecule has 3 aromatic rings. The van der Waals surface area contributed by atoms with Crippen molar-refractivity contribution in [1.29, 1.82) is 0 Å². The van der Waals surface area contributed by atoms with Crippen LogP contribution in [0.4, 0.5) is 0 Å². The van der Waals surface area contributed by atoms with Gasteiger partial charge in [0.1, 0.15) is 0 Å². The monoisotopic (exact) mass is 433 g/mol. The van der Waals surface area contributed by atoms with Crippen molar-refractivity contribution in [2.45, 2.75) is 11.7 Å². The van der Waals surface area contributed by atoms with E-state index in [0.717, 1.165) is 38.3 Å². The first-order valence-corrected chi connectivity index (χ1v) is 11.3. The van der Waals surface area contributed by atoms with Crippen LogP contribution in [-0.2, 0) is 11.3 Å². The van der Waals surface area contributed by atoms with Crippen LogP contribution in [-0.4, -0.2) is 62.8 Å². The van der Waals surface area contributed by atoms with Crippen LogP contribution in [0.5, 0.6) is 0 Å². The van der Waals surface area contributed by atoms with Crippen molar-refractivity contribution in [3.05, 3.63) is 51.7 Å². The number of hydrogen-bond donors (Lipinski definition) is 1. The fourth-order valence-corrected chi connectivity index (χ4v) is 4.62. The summed E-state index contributed by atoms with van der Waals surface area (Å²) in [7, 11) is 0. The predicted octanol–water partition coefficient (Wildman–Crippen LogP) is 3.62. The summed E-state index contributed by atoms with van der Waals surface area (Å²) in [5.74, 6) is 1.16. The molecule has 2 aromatic heterocycles. The molecule has 0 atom stereocenters. The van der Waals surface area contributed by atoms with Crippen LogP contribution >= 0.6 is 34.7 Å². The van der Waals surface area contributed by atoms with E-state index < -0.39 is 0 Å². The first-order chi connectivity index (χ1) is 13.7. The number of thiophene rings is 1. The highest BCUT2D eigenvalue weighted by atomic mass is 35.5. The SMILES string of the molecule is O=C(CSc1n[nH]c(-c2ccc(Cl)cc2)n1)N1CCN(Cc2cccs2)CC1. The van der Waals surface area contributed by atoms with Gasteiger partial charge in [-0.05, 0) is 35.7 Å². The largest absolute Gasteiger partial charge is 0.339 e. The van der Waals surface area contributed by atoms with E-state index >= 15 is 0 Å². The number of aromatic amines is 1. The molecule has 1 aliphatic heterocycles. The quantitative estimate of drug-likeness (QED) is 0.601. The molecule has 0 aliphatic carbocycles. The molecule has 4 rings (SSSR count). The van der Waals surface area contributed by atoms with Crippen LogP contribution in [0.15, 0.2) is 46.9 Å². The zero-order chi connectivity index (χ0) is 19.3. The summed E-state index contributed by atoms with van der Waals surface area (Å²) in [6.45, 7) is 4.34. The molecule has 0 unspecified atom stereocenters. The minimum absolute atomic E-state index is 0.138. The third kappa shape index (κ3) is 4.94. The number of carbonyl (C=O) groups is 1. The van der Waals surface area contributed by atoms with Gasteiger partial charge in [0.25, 0.3) is 0 Å². The number of nitrogens with zero attached hydrogens (tertiary/aromatic N) is 4. The molecule has 6 nitrogen and oxygen atoms in total. The molecule has 0 saturated carbocycles. The Hall–Kier alpha value is -1.87. The summed E-state index contributed by atoms with van der Waals surface area (Å²) in [5, 5.41) is 10.5. The molecular formula is C19H20ClN5OS2. The number of amides is 1. The lowest BCUT2D eigenvalue weighted by Gasteiger charge is -2.34. The highest BCUT2D eigenvalue weighted by Crippen LogP contribution is 2.21. The highest BCUT2D eigenvalue weighted by Gasteiger charge is 2.21. The minimum Gasteiger partial charge on any atom is -0.339 e. The van der Waals surface area contributed by atoms with Crippen molar-refractivity contribution in [3.8, 4) is 11.4 Å². The molecule has 1 aromatic carbocycles. The van der Waals surface area contributed by atoms with Gasteiger partial charge >= 0.3 is 0 Å². The van der Waals surface area contributed by atoms with Gasteiger partial charge in [-0.1, -0.05) is 29.4 Å². The van der Waals surface area contributed by atoms with Gasteiger partial charge in [-0.2, -0.15) is 0 Å². The summed E-state index contributed by atoms with van der Waals surface area (Å²) < 4.78 is 0. The molecule has 0 radical (unpaired) electrons. The van der Waals surface area contributed by atoms with Crippen molar-refractivity contribution in [2.75, 3.05) is 31.9 Å². The number of thioether (sulfide) groups is 1. The van der Waals surface area contributed by atoms with Gasteiger partial charge in [-0.25, -0.2) is 4.98 Å². The topological polar surface area (TPSA) is 65.1 Å². The number of carbonyl (C=O) groups excluding carboxylic acids is 1. The second-order valence-electron chi connectivity index (χ2n) is 6.50. The van der Waals surface area contributed by atoms with Gasteiger partial charge < -0.3 is 4.90 Å². The summed E-state index contributed by atoms with van der Waals surface area (Å²) in [5.41, 5.74) is 0.914. The second kappa shape index (κ2) is 9.09. The summed E-state index contributed by atoms with van der Waals surface area (Å²) in [6.07, 6.45) is 0. The maximum absolute atomic E-state index is 12.5. The predicted molar refractivity (Wildman–Crippen MR) is 114 cm³/mol. The van der Waals surface area contributed by atoms with E-state index in [2.05, 4.69) is 37.6 Å². The number of halogens is 1. The Bertz CT molecular complexity index is 905. The van der Waals surface area contributed by atoms with Crippen LogP contribution in [0.2, 0.25) is 5.02 Å². The lowest BCUT2D eigenvalue weighted by Crippen LogP contribution is -2.48. The molecule has 1 amide bonds. The van der Waals surface area contributed by atoms with E-state index in [4.69, 9.17) is 11.6 Å². The van der Waals surface area contributed by atoms with Crippen LogP contribution in [0.3, 0.4) is 0 Å². The average Bonchev–Trinajstić information content (AvgIpc) is 3.39. The lowest BCUT2D eigenvalue weighted by atomic mass is 10.2. The summed E-state index contributed by atoms with van der Waals surface area (Å²) in [4.78, 5) is 22.7. The first-order valence-electron chi connectivity index (χ1n) is 9.01. The Morgan fingerprint density at radius 1 is 1.18 bits per heavy atom. The normalized spacial score (nSPS) is 15.1. The molecule has 9 heteroatoms. The van der Waals surface area contributed by atoms with Crippen LogP contribution in [0.1, 0.15) is 4.88 Å². The molecule has 0 bridgehead atoms. The number of piperazine rings is 1. The Morgan fingerprint density at radius 2 is 1.96 bits per heavy atom. The summed E-state index contributed by atoms with van der Waals surface area (Å²) >= 11 is 9.06. The van der Waals surface area contributed by atoms with Crippen molar-refractivity contribution < 1.29 is 4.79 Å². The Kier molecular flexibility index (Phi) is 6.31. The van der Waals surface area contributed by atoms with E-state index in [0.29, 0.717) is 21.8 Å². The van der Waals surface area contributed by atoms with Gasteiger partial charge in [0.2, 0.25) is 11.1 Å². The van der Waals surface area contributed by atoms with Crippen molar-refractivity contribution >= 4 is 40.6 Å². The van der Waals surface area contributed by atoms with Crippen molar-refractivity contribution in [3.63, 3.8) is 0 Å². The van der Waals surface area contributed by atoms with E-state index in [-0.39, 0.29) is 5.91 Å². The number of hydrogen-bond acceptors (Lipinski definition) is 6. The number of benzene rings is 1. The smallest absolute Gasteiger partial charge is 0.233 e. The van der Waals surface area contributed by atoms with Crippen molar-refractivity contribution in [2.24, 2.45) is 0 Å². The van der Waals surface area contributed by atoms with Gasteiger partial charge in [0.15, 0.2) is 5.82 Å². The van der Waals surface area contributed by atoms with E-state index in [1.165, 1.54) is 16.6 Å². The van der Waals surface area contributed by atoms with E-state index in [9.17, 15) is 4.79 Å². The average molecular weight is 434 g/mol. The summed E-state index contributed by atoms with van der Waals surface area (Å²) in [6, 6.07) is 11.6. The van der Waals surface area contributed by atoms with Gasteiger partial charge in [0, 0.05) is 48.2 Å². The number of aromatic nitrogens is 3. The van der Waals surface area contributed by atoms with E-state index in [1.54, 1.807) is 11.3 Å². The zero-order valence-corrected chi connectivity index (χ0v) is 17.6. The third-order valence-electron chi connectivity index (χ3n) is 4.59. The second-order valence-corrected chi connectivity index (χ2v) is 8.91. The maximum Gasteiger partial charge on any atom is 0.233 e. The number of H-pyrrole nitrogens is 1. The molecule has 3 heterocycles. The fraction of sp³-hybridized carbons (Fsp3) is 0.316. The Balaban J connectivity index is 1.24. The number of nitrogens with one attached hydrogen (secondary N) is 1. The zero-order valence-electron chi connectivity index (χ0n) is 15.2. The van der Waals surface area contributed by atoms with Crippen LogP contribution < -0.4 is 0 Å². The van der Waals surface area contributed by atoms with Crippen molar-refractivity contribution in [1.82, 2.24) is 25.0 Å². The third-order valence-corrected chi connectivity index (χ3v) is 6.54. The molecule has 0 spiro atoms. The van der Waals surface area contributed by atoms with Gasteiger partial charge in [0.05, 0.1) is 5.75 Å². The van der Waals surface area contributed by atoms with Gasteiger partial charge in [-0.15, -0.1) is 16.4 Å². The van der Waals surface area contributed by atoms with Crippen LogP contribution in [0, 0.1) is 0 Å². The Labute approximate surface area is 176 Å². The first kappa shape index (κ1) is 19.4. The Morgan fingerprint density at radius 3 is 2.68 bits per heavy atom. The lowest BCUT2D eigenvalue weighted by molar-refractivity contribution is -0.130. The molecule has 146 valence electrons. The molecular weight excluding hydrogens is 414 g/mol. The van der Waals surface area contributed by atoms with Crippen LogP contribution in [0.25, 0.3) is 11.4 Å². The maximum atomic E-state index is 12.5. The van der Waals surface area contributed by atoms with E-state index in [1.807, 2.05) is 29.2 Å². The molecule has 1 N–H and O–H groups in total. The minimum atomic E-state index is 0.138. The van der Waals surface area contributed by atoms with Gasteiger partial charge in [-0.3, -0.25) is 14.8 Å². The highest BCUT2D eigenvalue weighted by molar-refractivity contribution is 7.99.